The van der Waals surface area contributed by atoms with Crippen molar-refractivity contribution in [3.05, 3.63) is 12.2 Å². The fourth-order valence-electron chi connectivity index (χ4n) is 1.74. The highest BCUT2D eigenvalue weighted by molar-refractivity contribution is 5.88. The zero-order chi connectivity index (χ0) is 14.7. The quantitative estimate of drug-likeness (QED) is 0.270. The zero-order valence-corrected chi connectivity index (χ0v) is 12.2. The standard InChI is InChI=1S/C14H26O5/c1-5-6-7-8-9-12(19-10-17-3)13(15)11(2)14(16)18-4/h12-13,15H,2,5-10H2,1,3-4H3. The van der Waals surface area contributed by atoms with Gasteiger partial charge in [0.25, 0.3) is 0 Å². The largest absolute Gasteiger partial charge is 0.466 e. The molecule has 0 aliphatic heterocycles. The smallest absolute Gasteiger partial charge is 0.335 e. The second-order valence-electron chi connectivity index (χ2n) is 4.42. The van der Waals surface area contributed by atoms with E-state index in [0.29, 0.717) is 6.42 Å². The van der Waals surface area contributed by atoms with Gasteiger partial charge in [0.05, 0.1) is 18.8 Å². The van der Waals surface area contributed by atoms with Crippen LogP contribution in [-0.2, 0) is 19.0 Å². The van der Waals surface area contributed by atoms with Gasteiger partial charge in [0.2, 0.25) is 0 Å². The van der Waals surface area contributed by atoms with Crippen LogP contribution in [0.4, 0.5) is 0 Å². The van der Waals surface area contributed by atoms with Crippen molar-refractivity contribution in [1.82, 2.24) is 0 Å². The summed E-state index contributed by atoms with van der Waals surface area (Å²) in [5.74, 6) is -0.618. The van der Waals surface area contributed by atoms with Crippen molar-refractivity contribution < 1.29 is 24.1 Å². The minimum absolute atomic E-state index is 0.0131. The monoisotopic (exact) mass is 274 g/mol. The number of rotatable bonds is 11. The Balaban J connectivity index is 4.37. The van der Waals surface area contributed by atoms with Crippen LogP contribution >= 0.6 is 0 Å². The van der Waals surface area contributed by atoms with E-state index >= 15 is 0 Å². The Hall–Kier alpha value is -0.910. The van der Waals surface area contributed by atoms with Gasteiger partial charge in [0.15, 0.2) is 0 Å². The molecule has 112 valence electrons. The van der Waals surface area contributed by atoms with Gasteiger partial charge in [0, 0.05) is 7.11 Å². The van der Waals surface area contributed by atoms with Crippen LogP contribution in [0.2, 0.25) is 0 Å². The van der Waals surface area contributed by atoms with E-state index in [2.05, 4.69) is 18.2 Å². The lowest BCUT2D eigenvalue weighted by molar-refractivity contribution is -0.141. The van der Waals surface area contributed by atoms with E-state index in [9.17, 15) is 9.90 Å². The van der Waals surface area contributed by atoms with Crippen LogP contribution in [0, 0.1) is 0 Å². The number of hydrogen-bond acceptors (Lipinski definition) is 5. The van der Waals surface area contributed by atoms with Crippen LogP contribution in [0.5, 0.6) is 0 Å². The van der Waals surface area contributed by atoms with Crippen LogP contribution in [0.3, 0.4) is 0 Å². The molecule has 0 radical (unpaired) electrons. The number of ether oxygens (including phenoxy) is 3. The second kappa shape index (κ2) is 11.0. The molecule has 0 saturated heterocycles. The predicted molar refractivity (Wildman–Crippen MR) is 72.7 cm³/mol. The SMILES string of the molecule is C=C(C(=O)OC)C(O)C(CCCCCC)OCOC. The van der Waals surface area contributed by atoms with Crippen LogP contribution in [-0.4, -0.2) is 44.3 Å². The Morgan fingerprint density at radius 1 is 1.26 bits per heavy atom. The summed E-state index contributed by atoms with van der Waals surface area (Å²) in [7, 11) is 2.77. The third-order valence-electron chi connectivity index (χ3n) is 2.90. The van der Waals surface area contributed by atoms with Gasteiger partial charge in [-0.15, -0.1) is 0 Å². The molecule has 0 fully saturated rings. The first kappa shape index (κ1) is 18.1. The molecular weight excluding hydrogens is 248 g/mol. The average molecular weight is 274 g/mol. The van der Waals surface area contributed by atoms with Crippen molar-refractivity contribution in [1.29, 1.82) is 0 Å². The van der Waals surface area contributed by atoms with Crippen molar-refractivity contribution in [2.75, 3.05) is 21.0 Å². The van der Waals surface area contributed by atoms with Gasteiger partial charge in [0.1, 0.15) is 12.9 Å². The van der Waals surface area contributed by atoms with E-state index in [4.69, 9.17) is 9.47 Å². The van der Waals surface area contributed by atoms with Crippen molar-refractivity contribution >= 4 is 5.97 Å². The number of unbranched alkanes of at least 4 members (excludes halogenated alkanes) is 3. The molecule has 5 nitrogen and oxygen atoms in total. The number of carbonyl (C=O) groups excluding carboxylic acids is 1. The highest BCUT2D eigenvalue weighted by atomic mass is 16.7. The summed E-state index contributed by atoms with van der Waals surface area (Å²) >= 11 is 0. The van der Waals surface area contributed by atoms with Crippen LogP contribution in [0.25, 0.3) is 0 Å². The minimum Gasteiger partial charge on any atom is -0.466 e. The molecule has 0 aromatic carbocycles. The van der Waals surface area contributed by atoms with Gasteiger partial charge in [-0.05, 0) is 6.42 Å². The molecule has 0 aromatic heterocycles. The molecule has 0 aliphatic carbocycles. The fraction of sp³-hybridized carbons (Fsp3) is 0.786. The maximum absolute atomic E-state index is 11.3. The van der Waals surface area contributed by atoms with E-state index in [1.54, 1.807) is 0 Å². The maximum Gasteiger partial charge on any atom is 0.335 e. The predicted octanol–water partition coefficient (Wildman–Crippen LogP) is 2.04. The first-order valence-corrected chi connectivity index (χ1v) is 6.64. The molecule has 2 unspecified atom stereocenters. The number of aliphatic hydroxyl groups is 1. The van der Waals surface area contributed by atoms with Crippen molar-refractivity contribution in [3.8, 4) is 0 Å². The van der Waals surface area contributed by atoms with Gasteiger partial charge in [-0.25, -0.2) is 4.79 Å². The first-order valence-electron chi connectivity index (χ1n) is 6.64. The van der Waals surface area contributed by atoms with Crippen LogP contribution in [0.15, 0.2) is 12.2 Å². The first-order chi connectivity index (χ1) is 9.08. The topological polar surface area (TPSA) is 65.0 Å². The van der Waals surface area contributed by atoms with Crippen LogP contribution in [0.1, 0.15) is 39.0 Å². The van der Waals surface area contributed by atoms with Crippen molar-refractivity contribution in [2.45, 2.75) is 51.2 Å². The molecule has 0 spiro atoms. The summed E-state index contributed by atoms with van der Waals surface area (Å²) in [6.07, 6.45) is 3.37. The molecule has 0 heterocycles. The normalized spacial score (nSPS) is 13.9. The minimum atomic E-state index is -1.07. The molecule has 0 aromatic rings. The summed E-state index contributed by atoms with van der Waals surface area (Å²) in [5.41, 5.74) is 0.0131. The summed E-state index contributed by atoms with van der Waals surface area (Å²) in [4.78, 5) is 11.3. The molecule has 1 N–H and O–H groups in total. The number of aliphatic hydroxyl groups excluding tert-OH is 1. The molecule has 19 heavy (non-hydrogen) atoms. The van der Waals surface area contributed by atoms with Gasteiger partial charge >= 0.3 is 5.97 Å². The molecule has 5 heteroatoms. The number of esters is 1. The number of hydrogen-bond donors (Lipinski definition) is 1. The molecule has 0 amide bonds. The summed E-state index contributed by atoms with van der Waals surface area (Å²) in [6.45, 7) is 5.76. The van der Waals surface area contributed by atoms with Crippen molar-refractivity contribution in [2.24, 2.45) is 0 Å². The number of methoxy groups -OCH3 is 2. The summed E-state index contributed by atoms with van der Waals surface area (Å²) in [6, 6.07) is 0. The lowest BCUT2D eigenvalue weighted by Gasteiger charge is -2.23. The van der Waals surface area contributed by atoms with Gasteiger partial charge in [-0.1, -0.05) is 39.2 Å². The summed E-state index contributed by atoms with van der Waals surface area (Å²) < 4.78 is 14.8. The number of carbonyl (C=O) groups is 1. The van der Waals surface area contributed by atoms with E-state index in [1.807, 2.05) is 0 Å². The third kappa shape index (κ3) is 7.30. The van der Waals surface area contributed by atoms with Gasteiger partial charge in [-0.2, -0.15) is 0 Å². The van der Waals surface area contributed by atoms with E-state index < -0.39 is 18.2 Å². The second-order valence-corrected chi connectivity index (χ2v) is 4.42. The zero-order valence-electron chi connectivity index (χ0n) is 12.2. The Bertz CT molecular complexity index is 265. The highest BCUT2D eigenvalue weighted by Gasteiger charge is 2.26. The molecule has 0 aliphatic rings. The average Bonchev–Trinajstić information content (AvgIpc) is 2.44. The molecular formula is C14H26O5. The third-order valence-corrected chi connectivity index (χ3v) is 2.90. The van der Waals surface area contributed by atoms with E-state index in [1.165, 1.54) is 14.2 Å². The van der Waals surface area contributed by atoms with Gasteiger partial charge < -0.3 is 19.3 Å². The Labute approximate surface area is 115 Å². The van der Waals surface area contributed by atoms with Gasteiger partial charge in [-0.3, -0.25) is 0 Å². The Morgan fingerprint density at radius 2 is 1.95 bits per heavy atom. The Kier molecular flexibility index (Phi) is 10.4. The molecule has 2 atom stereocenters. The van der Waals surface area contributed by atoms with Crippen molar-refractivity contribution in [3.63, 3.8) is 0 Å². The highest BCUT2D eigenvalue weighted by Crippen LogP contribution is 2.17. The van der Waals surface area contributed by atoms with E-state index in [-0.39, 0.29) is 12.4 Å². The fourth-order valence-corrected chi connectivity index (χ4v) is 1.74. The molecule has 0 bridgehead atoms. The lowest BCUT2D eigenvalue weighted by Crippen LogP contribution is -2.34. The summed E-state index contributed by atoms with van der Waals surface area (Å²) in [5, 5.41) is 10.1. The Morgan fingerprint density at radius 3 is 2.47 bits per heavy atom. The van der Waals surface area contributed by atoms with Crippen LogP contribution < -0.4 is 0 Å². The molecule has 0 saturated carbocycles. The molecule has 0 rings (SSSR count). The van der Waals surface area contributed by atoms with E-state index in [0.717, 1.165) is 25.7 Å². The maximum atomic E-state index is 11.3. The lowest BCUT2D eigenvalue weighted by atomic mass is 10.00.